The Morgan fingerprint density at radius 2 is 0.833 bits per heavy atom. The molecule has 0 saturated heterocycles. The van der Waals surface area contributed by atoms with Crippen LogP contribution in [0.25, 0.3) is 0 Å². The van der Waals surface area contributed by atoms with Gasteiger partial charge in [0.25, 0.3) is 0 Å². The van der Waals surface area contributed by atoms with Gasteiger partial charge in [-0.3, -0.25) is 77.8 Å². The number of nitrogens with two attached hydrogens (primary N) is 2. The number of unbranched alkanes of at least 4 members (excludes halogenated alkanes) is 4. The Morgan fingerprint density at radius 3 is 1.20 bits per heavy atom. The number of carboxylic acid groups (broad SMARTS) is 4. The molecular formula is C85H121N19O16. The summed E-state index contributed by atoms with van der Waals surface area (Å²) in [6.45, 7) is 11.0. The highest BCUT2D eigenvalue weighted by Gasteiger charge is 2.48. The molecule has 35 heteroatoms. The van der Waals surface area contributed by atoms with E-state index in [2.05, 4.69) is 84.1 Å². The maximum absolute atomic E-state index is 13.3. The van der Waals surface area contributed by atoms with Crippen LogP contribution in [-0.2, 0) is 102 Å². The van der Waals surface area contributed by atoms with Crippen molar-refractivity contribution in [2.75, 3.05) is 78.5 Å². The molecule has 0 aromatic heterocycles. The molecule has 1 atom stereocenters. The predicted octanol–water partition coefficient (Wildman–Crippen LogP) is 2.32. The summed E-state index contributed by atoms with van der Waals surface area (Å²) in [4.78, 5) is 157. The molecule has 120 heavy (non-hydrogen) atoms. The number of benzene rings is 4. The first kappa shape index (κ1) is 96.6. The molecule has 0 bridgehead atoms. The van der Waals surface area contributed by atoms with Crippen LogP contribution in [0.5, 0.6) is 0 Å². The number of hydrogen-bond donors (Lipinski definition) is 19. The Labute approximate surface area is 700 Å². The Kier molecular flexibility index (Phi) is 41.2. The molecule has 5 aliphatic rings. The van der Waals surface area contributed by atoms with Gasteiger partial charge in [-0.05, 0) is 136 Å². The fraction of sp³-hybridized carbons (Fsp3) is 0.529. The monoisotopic (exact) mass is 1660 g/mol. The highest BCUT2D eigenvalue weighted by atomic mass is 16.4. The third-order valence-electron chi connectivity index (χ3n) is 20.6. The Bertz CT molecular complexity index is 4150. The topological polar surface area (TPSA) is 555 Å². The van der Waals surface area contributed by atoms with Gasteiger partial charge in [0, 0.05) is 149 Å². The molecule has 3 aliphatic carbocycles. The number of carboxylic acids is 4. The number of carbonyl (C=O) groups is 12. The van der Waals surface area contributed by atoms with Crippen molar-refractivity contribution in [3.05, 3.63) is 142 Å². The molecule has 0 fully saturated rings. The molecule has 0 saturated carbocycles. The Hall–Kier alpha value is -12.2. The Morgan fingerprint density at radius 1 is 0.475 bits per heavy atom. The van der Waals surface area contributed by atoms with Gasteiger partial charge in [0.05, 0.1) is 18.5 Å². The van der Waals surface area contributed by atoms with Crippen LogP contribution in [-0.4, -0.2) is 211 Å². The molecule has 0 spiro atoms. The second kappa shape index (κ2) is 51.2. The molecule has 35 nitrogen and oxygen atoms in total. The molecule has 21 N–H and O–H groups in total. The highest BCUT2D eigenvalue weighted by Crippen LogP contribution is 2.34. The number of nitrogens with one attached hydrogen (secondary N) is 13. The molecule has 2 aliphatic heterocycles. The van der Waals surface area contributed by atoms with Crippen molar-refractivity contribution in [2.45, 2.75) is 203 Å². The Balaban J connectivity index is 0.000000249. The van der Waals surface area contributed by atoms with E-state index in [4.69, 9.17) is 32.0 Å². The minimum absolute atomic E-state index is 0.0494. The maximum atomic E-state index is 13.3. The largest absolute Gasteiger partial charge is 0.481 e. The van der Waals surface area contributed by atoms with E-state index >= 15 is 0 Å². The van der Waals surface area contributed by atoms with Gasteiger partial charge in [0.2, 0.25) is 53.2 Å². The summed E-state index contributed by atoms with van der Waals surface area (Å²) in [6.07, 6.45) is 11.8. The van der Waals surface area contributed by atoms with Crippen molar-refractivity contribution in [2.24, 2.45) is 31.9 Å². The van der Waals surface area contributed by atoms with Gasteiger partial charge in [-0.2, -0.15) is 5.26 Å². The smallest absolute Gasteiger partial charge is 0.309 e. The number of fused-ring (bicyclic) bond motifs is 3. The lowest BCUT2D eigenvalue weighted by molar-refractivity contribution is -0.148. The fourth-order valence-electron chi connectivity index (χ4n) is 14.0. The van der Waals surface area contributed by atoms with Gasteiger partial charge in [0.1, 0.15) is 22.7 Å². The summed E-state index contributed by atoms with van der Waals surface area (Å²) in [6, 6.07) is 32.1. The van der Waals surface area contributed by atoms with E-state index in [1.165, 1.54) is 0 Å². The minimum atomic E-state index is -1.08. The van der Waals surface area contributed by atoms with Crippen LogP contribution in [0.2, 0.25) is 0 Å². The van der Waals surface area contributed by atoms with Crippen LogP contribution < -0.4 is 80.6 Å². The van der Waals surface area contributed by atoms with E-state index in [-0.39, 0.29) is 124 Å². The van der Waals surface area contributed by atoms with Crippen molar-refractivity contribution in [3.63, 3.8) is 0 Å². The summed E-state index contributed by atoms with van der Waals surface area (Å²) in [7, 11) is 0. The lowest BCUT2D eigenvalue weighted by atomic mass is 9.87. The zero-order chi connectivity index (χ0) is 87.2. The lowest BCUT2D eigenvalue weighted by Gasteiger charge is -2.30. The number of nitriles is 1. The van der Waals surface area contributed by atoms with E-state index in [0.29, 0.717) is 97.1 Å². The lowest BCUT2D eigenvalue weighted by Crippen LogP contribution is -2.60. The summed E-state index contributed by atoms with van der Waals surface area (Å²) < 4.78 is 0. The quantitative estimate of drug-likeness (QED) is 0.00992. The number of aliphatic carboxylic acids is 4. The van der Waals surface area contributed by atoms with Crippen molar-refractivity contribution in [1.82, 2.24) is 69.1 Å². The van der Waals surface area contributed by atoms with Gasteiger partial charge < -0.3 is 95.7 Å². The zero-order valence-electron chi connectivity index (χ0n) is 68.9. The molecule has 4 aromatic rings. The van der Waals surface area contributed by atoms with E-state index in [0.717, 1.165) is 129 Å². The van der Waals surface area contributed by atoms with Crippen LogP contribution in [0.4, 0.5) is 0 Å². The molecule has 652 valence electrons. The SMILES string of the molecule is CC(C)(CCC(=O)NC1(C(=O)NCCCCNC2=NCCN2)Cc2ccccc2C1)C(=O)O.N#CNC(N)=NCCCCNC(=O)C1(NC(=O)CCCC(=O)O)Cc2ccccc2C1.NCCCCNC(=O)C1(NC(=O)CCCC(=O)O)Cc2ccccc2C1.O=C(O)CCCC(=O)N[C@H](Cc1ccccc1)C(=O)NCCCCNC1=NCCN1. The molecule has 4 aromatic carbocycles. The average Bonchev–Trinajstić information content (AvgIpc) is 1.64. The number of nitrogens with zero attached hydrogens (tertiary/aromatic N) is 4. The fourth-order valence-corrected chi connectivity index (χ4v) is 14.0. The number of guanidine groups is 3. The molecule has 0 radical (unpaired) electrons. The van der Waals surface area contributed by atoms with Crippen LogP contribution in [0.15, 0.2) is 118 Å². The van der Waals surface area contributed by atoms with E-state index < -0.39 is 52.0 Å². The second-order valence-electron chi connectivity index (χ2n) is 30.8. The van der Waals surface area contributed by atoms with Crippen molar-refractivity contribution < 1.29 is 78.0 Å². The van der Waals surface area contributed by atoms with Crippen LogP contribution in [0.1, 0.15) is 175 Å². The van der Waals surface area contributed by atoms with Gasteiger partial charge >= 0.3 is 23.9 Å². The van der Waals surface area contributed by atoms with E-state index in [1.807, 2.05) is 103 Å². The number of aliphatic imine (C=N–C) groups is 3. The van der Waals surface area contributed by atoms with Crippen LogP contribution in [0, 0.1) is 16.9 Å². The third kappa shape index (κ3) is 34.4. The molecule has 8 amide bonds. The number of amides is 8. The standard InChI is InChI=1S/C24H35N5O4.C21H28N6O4.C21H31N5O4.C19H27N3O4/c1-23(2,21(32)33)10-9-19(30)29-24(15-17-7-3-4-8-18(17)16-24)20(31)25-11-5-6-12-26-22-27-13-14-28-22;22-14-26-20(23)25-11-4-3-10-24-19(31)21(27-17(28)8-5-9-18(29)30)12-15-6-1-2-7-16(15)13-21;27-18(9-6-10-19(28)29)26-17(15-16-7-2-1-3-8-16)20(30)22-11-4-5-12-23-21-24-13-14-25-21;20-10-3-4-11-21-18(26)19(22-16(23)8-5-9-17(24)25)12-14-6-1-2-7-15(14)13-19/h3-4,7-8H,5-6,9-16H2,1-2H3,(H,25,31)(H,29,30)(H,32,33)(H2,26,27,28);1-2,6-7H,3-5,8-13H2,(H,24,31)(H,27,28)(H,29,30)(H3,23,25,26);1-3,7-8,17H,4-6,9-15H2,(H,22,30)(H,26,27)(H,28,29)(H2,23,24,25);1-2,6-7H,3-5,8-13,20H2,(H,21,26)(H,22,23)(H,24,25)/t;;17-;/m..1./s1. The summed E-state index contributed by atoms with van der Waals surface area (Å²) in [5.74, 6) is -4.20. The summed E-state index contributed by atoms with van der Waals surface area (Å²) in [5.41, 5.74) is 14.0. The number of hydrogen-bond acceptors (Lipinski definition) is 21. The van der Waals surface area contributed by atoms with Crippen molar-refractivity contribution >= 4 is 89.0 Å². The second-order valence-corrected chi connectivity index (χ2v) is 30.8. The predicted molar refractivity (Wildman–Crippen MR) is 451 cm³/mol. The molecule has 9 rings (SSSR count). The van der Waals surface area contributed by atoms with Gasteiger partial charge in [-0.15, -0.1) is 0 Å². The van der Waals surface area contributed by atoms with Crippen molar-refractivity contribution in [1.29, 1.82) is 5.26 Å². The third-order valence-corrected chi connectivity index (χ3v) is 20.6. The highest BCUT2D eigenvalue weighted by molar-refractivity contribution is 5.96. The first-order valence-electron chi connectivity index (χ1n) is 41.3. The van der Waals surface area contributed by atoms with Crippen molar-refractivity contribution in [3.8, 4) is 6.19 Å². The molecular weight excluding hydrogens is 1540 g/mol. The molecule has 0 unspecified atom stereocenters. The molecule has 2 heterocycles. The summed E-state index contributed by atoms with van der Waals surface area (Å²) in [5, 5.41) is 82.0. The first-order valence-corrected chi connectivity index (χ1v) is 41.3. The van der Waals surface area contributed by atoms with Crippen LogP contribution in [0.3, 0.4) is 0 Å². The van der Waals surface area contributed by atoms with Crippen LogP contribution >= 0.6 is 0 Å². The van der Waals surface area contributed by atoms with Gasteiger partial charge in [-0.1, -0.05) is 103 Å². The van der Waals surface area contributed by atoms with Gasteiger partial charge in [0.15, 0.2) is 18.1 Å². The first-order chi connectivity index (χ1) is 57.6. The minimum Gasteiger partial charge on any atom is -0.481 e. The average molecular weight is 1670 g/mol. The van der Waals surface area contributed by atoms with Gasteiger partial charge in [-0.25, -0.2) is 0 Å². The normalized spacial score (nSPS) is 14.7. The maximum Gasteiger partial charge on any atom is 0.309 e. The number of carbonyl (C=O) groups excluding carboxylic acids is 8. The van der Waals surface area contributed by atoms with E-state index in [1.54, 1.807) is 20.0 Å². The van der Waals surface area contributed by atoms with E-state index in [9.17, 15) is 62.6 Å². The summed E-state index contributed by atoms with van der Waals surface area (Å²) >= 11 is 0. The zero-order valence-corrected chi connectivity index (χ0v) is 68.9. The number of rotatable bonds is 45.